The molecule has 21 heavy (non-hydrogen) atoms. The Morgan fingerprint density at radius 3 is 3.10 bits per heavy atom. The maximum atomic E-state index is 10.9. The molecule has 1 aliphatic carbocycles. The average Bonchev–Trinajstić information content (AvgIpc) is 2.87. The van der Waals surface area contributed by atoms with Crippen molar-refractivity contribution < 1.29 is 14.7 Å². The van der Waals surface area contributed by atoms with Gasteiger partial charge in [0.25, 0.3) is 5.79 Å². The maximum absolute atomic E-state index is 10.9. The molecule has 0 radical (unpaired) electrons. The predicted molar refractivity (Wildman–Crippen MR) is 78.3 cm³/mol. The lowest BCUT2D eigenvalue weighted by molar-refractivity contribution is -0.222. The van der Waals surface area contributed by atoms with Crippen molar-refractivity contribution in [1.29, 1.82) is 0 Å². The molecule has 2 unspecified atom stereocenters. The Hall–Kier alpha value is -2.14. The van der Waals surface area contributed by atoms with Crippen LogP contribution in [-0.2, 0) is 17.0 Å². The first-order chi connectivity index (χ1) is 10.1. The fourth-order valence-corrected chi connectivity index (χ4v) is 3.46. The Bertz CT molecular complexity index is 772. The van der Waals surface area contributed by atoms with E-state index in [-0.39, 0.29) is 5.92 Å². The van der Waals surface area contributed by atoms with Gasteiger partial charge in [-0.2, -0.15) is 0 Å². The highest BCUT2D eigenvalue weighted by molar-refractivity contribution is 5.86. The second-order valence-corrected chi connectivity index (χ2v) is 5.62. The maximum Gasteiger partial charge on any atom is 0.270 e. The first kappa shape index (κ1) is 12.6. The molecule has 1 aliphatic heterocycles. The number of benzene rings is 1. The van der Waals surface area contributed by atoms with E-state index in [1.165, 1.54) is 0 Å². The molecule has 1 N–H and O–H groups in total. The molecule has 0 bridgehead atoms. The lowest BCUT2D eigenvalue weighted by Crippen LogP contribution is -2.39. The van der Waals surface area contributed by atoms with E-state index in [0.29, 0.717) is 0 Å². The topological polar surface area (TPSA) is 63.9 Å². The van der Waals surface area contributed by atoms with Gasteiger partial charge < -0.3 is 14.7 Å². The highest BCUT2D eigenvalue weighted by Gasteiger charge is 2.49. The summed E-state index contributed by atoms with van der Waals surface area (Å²) >= 11 is 0. The summed E-state index contributed by atoms with van der Waals surface area (Å²) in [6.07, 6.45) is 3.39. The second-order valence-electron chi connectivity index (χ2n) is 5.62. The highest BCUT2D eigenvalue weighted by Crippen LogP contribution is 2.46. The number of hydrogen-bond acceptors (Lipinski definition) is 5. The Labute approximate surface area is 122 Å². The molecule has 4 rings (SSSR count). The van der Waals surface area contributed by atoms with Gasteiger partial charge in [-0.1, -0.05) is 5.16 Å². The largest absolute Gasteiger partial charge is 0.497 e. The van der Waals surface area contributed by atoms with Gasteiger partial charge in [0.15, 0.2) is 0 Å². The van der Waals surface area contributed by atoms with Crippen LogP contribution >= 0.6 is 0 Å². The molecular weight excluding hydrogens is 268 g/mol. The highest BCUT2D eigenvalue weighted by atomic mass is 16.7. The molecule has 0 spiro atoms. The smallest absolute Gasteiger partial charge is 0.270 e. The third kappa shape index (κ3) is 1.61. The van der Waals surface area contributed by atoms with Crippen molar-refractivity contribution in [1.82, 2.24) is 4.98 Å². The lowest BCUT2D eigenvalue weighted by atomic mass is 9.77. The Balaban J connectivity index is 2.01. The van der Waals surface area contributed by atoms with Crippen molar-refractivity contribution in [3.63, 3.8) is 0 Å². The monoisotopic (exact) mass is 284 g/mol. The SMILES string of the molecule is COc1ccc2c3c(c(C)nc2c1)C1(O)ON=CC1CC3. The molecule has 0 saturated carbocycles. The zero-order chi connectivity index (χ0) is 14.6. The predicted octanol–water partition coefficient (Wildman–Crippen LogP) is 2.28. The third-order valence-corrected chi connectivity index (χ3v) is 4.48. The van der Waals surface area contributed by atoms with Crippen LogP contribution in [0.5, 0.6) is 5.75 Å². The van der Waals surface area contributed by atoms with Crippen molar-refractivity contribution in [2.75, 3.05) is 7.11 Å². The first-order valence-corrected chi connectivity index (χ1v) is 7.05. The third-order valence-electron chi connectivity index (χ3n) is 4.48. The quantitative estimate of drug-likeness (QED) is 0.872. The van der Waals surface area contributed by atoms with Crippen molar-refractivity contribution in [2.45, 2.75) is 25.6 Å². The van der Waals surface area contributed by atoms with Crippen LogP contribution < -0.4 is 4.74 Å². The van der Waals surface area contributed by atoms with Gasteiger partial charge in [0.1, 0.15) is 5.75 Å². The van der Waals surface area contributed by atoms with Crippen molar-refractivity contribution in [3.05, 3.63) is 35.0 Å². The summed E-state index contributed by atoms with van der Waals surface area (Å²) in [5.41, 5.74) is 3.54. The standard InChI is InChI=1S/C16H16N2O3/c1-9-15-13(5-3-10-8-17-21-16(10,15)19)12-6-4-11(20-2)7-14(12)18-9/h4,6-8,10,19H,3,5H2,1-2H3. The molecule has 2 atom stereocenters. The molecule has 2 heterocycles. The number of methoxy groups -OCH3 is 1. The van der Waals surface area contributed by atoms with Crippen LogP contribution in [0.1, 0.15) is 23.2 Å². The van der Waals surface area contributed by atoms with E-state index in [1.807, 2.05) is 25.1 Å². The summed E-state index contributed by atoms with van der Waals surface area (Å²) in [7, 11) is 1.64. The minimum Gasteiger partial charge on any atom is -0.497 e. The fourth-order valence-electron chi connectivity index (χ4n) is 3.46. The van der Waals surface area contributed by atoms with Crippen LogP contribution in [0.25, 0.3) is 10.9 Å². The van der Waals surface area contributed by atoms with E-state index in [9.17, 15) is 5.11 Å². The fraction of sp³-hybridized carbons (Fsp3) is 0.375. The van der Waals surface area contributed by atoms with Gasteiger partial charge in [0, 0.05) is 17.1 Å². The Kier molecular flexibility index (Phi) is 2.50. The van der Waals surface area contributed by atoms with Gasteiger partial charge in [-0.15, -0.1) is 0 Å². The van der Waals surface area contributed by atoms with Gasteiger partial charge in [-0.3, -0.25) is 4.98 Å². The van der Waals surface area contributed by atoms with Gasteiger partial charge in [0.05, 0.1) is 30.3 Å². The Morgan fingerprint density at radius 1 is 1.43 bits per heavy atom. The summed E-state index contributed by atoms with van der Waals surface area (Å²) in [5, 5.41) is 15.8. The molecule has 108 valence electrons. The number of aromatic nitrogens is 1. The van der Waals surface area contributed by atoms with Crippen LogP contribution in [-0.4, -0.2) is 23.4 Å². The van der Waals surface area contributed by atoms with Crippen LogP contribution in [0, 0.1) is 12.8 Å². The van der Waals surface area contributed by atoms with Gasteiger partial charge in [0.2, 0.25) is 0 Å². The Morgan fingerprint density at radius 2 is 2.29 bits per heavy atom. The zero-order valence-corrected chi connectivity index (χ0v) is 12.0. The minimum atomic E-state index is -1.36. The number of oxime groups is 1. The molecule has 2 aliphatic rings. The lowest BCUT2D eigenvalue weighted by Gasteiger charge is -2.34. The molecular formula is C16H16N2O3. The molecule has 2 aromatic rings. The van der Waals surface area contributed by atoms with E-state index >= 15 is 0 Å². The average molecular weight is 284 g/mol. The second kappa shape index (κ2) is 4.18. The zero-order valence-electron chi connectivity index (χ0n) is 12.0. The van der Waals surface area contributed by atoms with Crippen molar-refractivity contribution in [2.24, 2.45) is 11.1 Å². The number of aliphatic hydroxyl groups is 1. The van der Waals surface area contributed by atoms with E-state index in [4.69, 9.17) is 9.57 Å². The van der Waals surface area contributed by atoms with Crippen molar-refractivity contribution in [3.8, 4) is 5.75 Å². The number of hydrogen-bond donors (Lipinski definition) is 1. The van der Waals surface area contributed by atoms with Crippen LogP contribution in [0.4, 0.5) is 0 Å². The minimum absolute atomic E-state index is 0.0961. The van der Waals surface area contributed by atoms with Gasteiger partial charge in [-0.05, 0) is 37.5 Å². The van der Waals surface area contributed by atoms with E-state index in [1.54, 1.807) is 13.3 Å². The summed E-state index contributed by atoms with van der Waals surface area (Å²) in [5.74, 6) is -0.679. The van der Waals surface area contributed by atoms with Crippen LogP contribution in [0.3, 0.4) is 0 Å². The van der Waals surface area contributed by atoms with Gasteiger partial charge in [-0.25, -0.2) is 0 Å². The number of rotatable bonds is 1. The molecule has 0 fully saturated rings. The summed E-state index contributed by atoms with van der Waals surface area (Å²) < 4.78 is 5.26. The molecule has 1 aromatic heterocycles. The molecule has 5 heteroatoms. The number of aryl methyl sites for hydroxylation is 2. The number of nitrogens with zero attached hydrogens (tertiary/aromatic N) is 2. The number of ether oxygens (including phenoxy) is 1. The normalized spacial score (nSPS) is 26.3. The summed E-state index contributed by atoms with van der Waals surface area (Å²) in [4.78, 5) is 9.93. The summed E-state index contributed by atoms with van der Waals surface area (Å²) in [6, 6.07) is 5.84. The van der Waals surface area contributed by atoms with Crippen LogP contribution in [0.15, 0.2) is 23.4 Å². The van der Waals surface area contributed by atoms with Gasteiger partial charge >= 0.3 is 0 Å². The number of fused-ring (bicyclic) bond motifs is 5. The summed E-state index contributed by atoms with van der Waals surface area (Å²) in [6.45, 7) is 1.90. The first-order valence-electron chi connectivity index (χ1n) is 7.05. The number of pyridine rings is 1. The van der Waals surface area contributed by atoms with Crippen molar-refractivity contribution >= 4 is 17.1 Å². The van der Waals surface area contributed by atoms with Crippen LogP contribution in [0.2, 0.25) is 0 Å². The molecule has 1 aromatic carbocycles. The molecule has 0 amide bonds. The van der Waals surface area contributed by atoms with E-state index < -0.39 is 5.79 Å². The molecule has 5 nitrogen and oxygen atoms in total. The van der Waals surface area contributed by atoms with E-state index in [0.717, 1.165) is 46.3 Å². The van der Waals surface area contributed by atoms with E-state index in [2.05, 4.69) is 10.1 Å². The molecule has 0 saturated heterocycles.